The number of allylic oxidation sites excluding steroid dienone is 1. The number of anilines is 1. The average Bonchev–Trinajstić information content (AvgIpc) is 3.27. The summed E-state index contributed by atoms with van der Waals surface area (Å²) in [5, 5.41) is 14.8. The molecule has 0 saturated carbocycles. The summed E-state index contributed by atoms with van der Waals surface area (Å²) in [6.07, 6.45) is 0. The third-order valence-electron chi connectivity index (χ3n) is 4.96. The van der Waals surface area contributed by atoms with Crippen molar-refractivity contribution in [1.82, 2.24) is 20.2 Å². The van der Waals surface area contributed by atoms with Gasteiger partial charge >= 0.3 is 11.9 Å². The smallest absolute Gasteiger partial charge is 0.338 e. The van der Waals surface area contributed by atoms with Crippen LogP contribution in [0.2, 0.25) is 0 Å². The number of rotatable bonds is 7. The van der Waals surface area contributed by atoms with E-state index in [0.717, 1.165) is 5.56 Å². The SMILES string of the molecule is CCOC(=O)C1=C(C)Nc2nnnn2C1c1cccc(Oc2cccc(C(=O)OCC)c2)c1. The van der Waals surface area contributed by atoms with Gasteiger partial charge in [0, 0.05) is 5.70 Å². The van der Waals surface area contributed by atoms with Gasteiger partial charge in [0.05, 0.1) is 24.4 Å². The summed E-state index contributed by atoms with van der Waals surface area (Å²) in [5.74, 6) is 0.532. The van der Waals surface area contributed by atoms with Gasteiger partial charge in [-0.1, -0.05) is 23.3 Å². The van der Waals surface area contributed by atoms with Crippen LogP contribution in [0.1, 0.15) is 42.7 Å². The first-order valence-corrected chi connectivity index (χ1v) is 10.5. The van der Waals surface area contributed by atoms with Crippen LogP contribution in [0.15, 0.2) is 59.8 Å². The van der Waals surface area contributed by atoms with Crippen molar-refractivity contribution in [2.24, 2.45) is 0 Å². The highest BCUT2D eigenvalue weighted by Gasteiger charge is 2.35. The van der Waals surface area contributed by atoms with Gasteiger partial charge < -0.3 is 19.5 Å². The first-order chi connectivity index (χ1) is 16.0. The Balaban J connectivity index is 1.68. The minimum Gasteiger partial charge on any atom is -0.463 e. The van der Waals surface area contributed by atoms with Crippen molar-refractivity contribution in [3.63, 3.8) is 0 Å². The van der Waals surface area contributed by atoms with Gasteiger partial charge in [0.1, 0.15) is 17.5 Å². The molecule has 1 aliphatic rings. The molecule has 10 nitrogen and oxygen atoms in total. The van der Waals surface area contributed by atoms with Gasteiger partial charge in [-0.15, -0.1) is 0 Å². The zero-order valence-corrected chi connectivity index (χ0v) is 18.4. The molecule has 10 heteroatoms. The van der Waals surface area contributed by atoms with Crippen molar-refractivity contribution >= 4 is 17.9 Å². The van der Waals surface area contributed by atoms with Gasteiger partial charge in [0.25, 0.3) is 0 Å². The summed E-state index contributed by atoms with van der Waals surface area (Å²) in [5.41, 5.74) is 2.13. The molecule has 1 aromatic heterocycles. The van der Waals surface area contributed by atoms with Gasteiger partial charge in [-0.05, 0) is 67.1 Å². The number of hydrogen-bond donors (Lipinski definition) is 1. The monoisotopic (exact) mass is 449 g/mol. The fourth-order valence-electron chi connectivity index (χ4n) is 3.58. The number of benzene rings is 2. The van der Waals surface area contributed by atoms with Crippen molar-refractivity contribution in [2.45, 2.75) is 26.8 Å². The standard InChI is InChI=1S/C23H23N5O5/c1-4-31-21(29)16-9-7-11-18(13-16)33-17-10-6-8-15(12-17)20-19(22(30)32-5-2)14(3)24-23-25-26-27-28(20)23/h6-13,20H,4-5H2,1-3H3,(H,24,25,27). The Morgan fingerprint density at radius 3 is 2.45 bits per heavy atom. The Kier molecular flexibility index (Phi) is 6.34. The maximum absolute atomic E-state index is 12.8. The van der Waals surface area contributed by atoms with Crippen LogP contribution in [0.4, 0.5) is 5.95 Å². The van der Waals surface area contributed by atoms with E-state index in [-0.39, 0.29) is 13.2 Å². The third kappa shape index (κ3) is 4.54. The molecule has 0 radical (unpaired) electrons. The average molecular weight is 449 g/mol. The molecule has 0 amide bonds. The van der Waals surface area contributed by atoms with Crippen LogP contribution < -0.4 is 10.1 Å². The second-order valence-electron chi connectivity index (χ2n) is 7.16. The molecule has 0 bridgehead atoms. The number of tetrazole rings is 1. The zero-order valence-electron chi connectivity index (χ0n) is 18.4. The third-order valence-corrected chi connectivity index (χ3v) is 4.96. The molecule has 1 aliphatic heterocycles. The molecule has 0 aliphatic carbocycles. The molecular weight excluding hydrogens is 426 g/mol. The molecule has 170 valence electrons. The normalized spacial score (nSPS) is 14.8. The maximum Gasteiger partial charge on any atom is 0.338 e. The number of ether oxygens (including phenoxy) is 3. The van der Waals surface area contributed by atoms with E-state index in [4.69, 9.17) is 14.2 Å². The second kappa shape index (κ2) is 9.51. The van der Waals surface area contributed by atoms with Gasteiger partial charge in [0.15, 0.2) is 0 Å². The molecule has 33 heavy (non-hydrogen) atoms. The van der Waals surface area contributed by atoms with Gasteiger partial charge in [-0.2, -0.15) is 4.68 Å². The number of carbonyl (C=O) groups excluding carboxylic acids is 2. The van der Waals surface area contributed by atoms with E-state index in [9.17, 15) is 9.59 Å². The first kappa shape index (κ1) is 22.0. The lowest BCUT2D eigenvalue weighted by atomic mass is 9.95. The lowest BCUT2D eigenvalue weighted by Gasteiger charge is -2.27. The summed E-state index contributed by atoms with van der Waals surface area (Å²) in [7, 11) is 0. The van der Waals surface area contributed by atoms with E-state index in [0.29, 0.717) is 34.3 Å². The topological polar surface area (TPSA) is 117 Å². The minimum atomic E-state index is -0.607. The number of carbonyl (C=O) groups is 2. The van der Waals surface area contributed by atoms with Crippen molar-refractivity contribution < 1.29 is 23.8 Å². The Morgan fingerprint density at radius 2 is 1.70 bits per heavy atom. The van der Waals surface area contributed by atoms with E-state index < -0.39 is 18.0 Å². The Morgan fingerprint density at radius 1 is 1.00 bits per heavy atom. The molecule has 0 spiro atoms. The number of esters is 2. The number of nitrogens with one attached hydrogen (secondary N) is 1. The molecule has 1 atom stereocenters. The summed E-state index contributed by atoms with van der Waals surface area (Å²) >= 11 is 0. The molecule has 3 aromatic rings. The largest absolute Gasteiger partial charge is 0.463 e. The highest BCUT2D eigenvalue weighted by Crippen LogP contribution is 2.36. The molecule has 0 saturated heterocycles. The molecule has 2 heterocycles. The predicted octanol–water partition coefficient (Wildman–Crippen LogP) is 3.49. The number of fused-ring (bicyclic) bond motifs is 1. The van der Waals surface area contributed by atoms with E-state index in [1.54, 1.807) is 57.2 Å². The van der Waals surface area contributed by atoms with Crippen LogP contribution in [-0.4, -0.2) is 45.4 Å². The lowest BCUT2D eigenvalue weighted by Crippen LogP contribution is -2.29. The van der Waals surface area contributed by atoms with Gasteiger partial charge in [-0.25, -0.2) is 9.59 Å². The van der Waals surface area contributed by atoms with E-state index in [1.807, 2.05) is 12.1 Å². The lowest BCUT2D eigenvalue weighted by molar-refractivity contribution is -0.139. The summed E-state index contributed by atoms with van der Waals surface area (Å²) in [6.45, 7) is 5.81. The van der Waals surface area contributed by atoms with Crippen LogP contribution in [-0.2, 0) is 14.3 Å². The van der Waals surface area contributed by atoms with Gasteiger partial charge in [-0.3, -0.25) is 0 Å². The predicted molar refractivity (Wildman–Crippen MR) is 118 cm³/mol. The maximum atomic E-state index is 12.8. The van der Waals surface area contributed by atoms with Crippen LogP contribution in [0.25, 0.3) is 0 Å². The van der Waals surface area contributed by atoms with Crippen LogP contribution >= 0.6 is 0 Å². The van der Waals surface area contributed by atoms with Crippen molar-refractivity contribution in [1.29, 1.82) is 0 Å². The summed E-state index contributed by atoms with van der Waals surface area (Å²) in [4.78, 5) is 24.8. The Bertz CT molecular complexity index is 1220. The number of nitrogens with zero attached hydrogens (tertiary/aromatic N) is 4. The fraction of sp³-hybridized carbons (Fsp3) is 0.261. The summed E-state index contributed by atoms with van der Waals surface area (Å²) in [6, 6.07) is 13.4. The minimum absolute atomic E-state index is 0.241. The number of hydrogen-bond acceptors (Lipinski definition) is 9. The Hall–Kier alpha value is -4.21. The van der Waals surface area contributed by atoms with E-state index in [2.05, 4.69) is 20.8 Å². The molecular formula is C23H23N5O5. The molecule has 4 rings (SSSR count). The van der Waals surface area contributed by atoms with Crippen molar-refractivity contribution in [2.75, 3.05) is 18.5 Å². The highest BCUT2D eigenvalue weighted by atomic mass is 16.5. The van der Waals surface area contributed by atoms with Crippen molar-refractivity contribution in [3.05, 3.63) is 70.9 Å². The number of aromatic nitrogens is 4. The van der Waals surface area contributed by atoms with Gasteiger partial charge in [0.2, 0.25) is 5.95 Å². The Labute approximate surface area is 190 Å². The van der Waals surface area contributed by atoms with E-state index in [1.165, 1.54) is 4.68 Å². The summed E-state index contributed by atoms with van der Waals surface area (Å²) < 4.78 is 17.9. The van der Waals surface area contributed by atoms with Crippen LogP contribution in [0.5, 0.6) is 11.5 Å². The quantitative estimate of drug-likeness (QED) is 0.541. The zero-order chi connectivity index (χ0) is 23.4. The van der Waals surface area contributed by atoms with E-state index >= 15 is 0 Å². The molecule has 1 N–H and O–H groups in total. The van der Waals surface area contributed by atoms with Crippen molar-refractivity contribution in [3.8, 4) is 11.5 Å². The molecule has 0 fully saturated rings. The second-order valence-corrected chi connectivity index (χ2v) is 7.16. The van der Waals surface area contributed by atoms with Crippen LogP contribution in [0.3, 0.4) is 0 Å². The molecule has 1 unspecified atom stereocenters. The first-order valence-electron chi connectivity index (χ1n) is 10.5. The van der Waals surface area contributed by atoms with Crippen LogP contribution in [0, 0.1) is 0 Å². The molecule has 2 aromatic carbocycles. The highest BCUT2D eigenvalue weighted by molar-refractivity contribution is 5.92. The fourth-order valence-corrected chi connectivity index (χ4v) is 3.58.